The summed E-state index contributed by atoms with van der Waals surface area (Å²) < 4.78 is 34.3. The fourth-order valence-corrected chi connectivity index (χ4v) is 3.20. The van der Waals surface area contributed by atoms with Crippen LogP contribution in [0.15, 0.2) is 53.4 Å². The predicted octanol–water partition coefficient (Wildman–Crippen LogP) is 1.76. The standard InChI is InChI=1S/C19H19N3O9S/c1-2-10-20-19(25)21-17(23)12-30-18(24)13-6-8-15(9-7-13)31-32(28,29)16-5-3-4-14(11-16)22(26)27/h3-9,11H,2,10,12H2,1H3,(H2,20,21,23,25). The molecule has 12 nitrogen and oxygen atoms in total. The number of amides is 3. The Labute approximate surface area is 182 Å². The van der Waals surface area contributed by atoms with Crippen LogP contribution in [0.3, 0.4) is 0 Å². The number of nitro groups is 1. The predicted molar refractivity (Wildman–Crippen MR) is 109 cm³/mol. The lowest BCUT2D eigenvalue weighted by atomic mass is 10.2. The first-order chi connectivity index (χ1) is 15.1. The van der Waals surface area contributed by atoms with E-state index in [0.29, 0.717) is 13.0 Å². The smallest absolute Gasteiger partial charge is 0.339 e. The van der Waals surface area contributed by atoms with Gasteiger partial charge in [0, 0.05) is 18.7 Å². The summed E-state index contributed by atoms with van der Waals surface area (Å²) in [4.78, 5) is 44.6. The molecular formula is C19H19N3O9S. The molecule has 0 aromatic heterocycles. The minimum absolute atomic E-state index is 0.00617. The molecule has 0 saturated heterocycles. The maximum absolute atomic E-state index is 12.3. The second kappa shape index (κ2) is 10.9. The van der Waals surface area contributed by atoms with Crippen molar-refractivity contribution >= 4 is 33.7 Å². The Kier molecular flexibility index (Phi) is 8.24. The van der Waals surface area contributed by atoms with E-state index in [9.17, 15) is 32.9 Å². The number of non-ortho nitro benzene ring substituents is 1. The number of carbonyl (C=O) groups excluding carboxylic acids is 3. The van der Waals surface area contributed by atoms with E-state index < -0.39 is 50.1 Å². The van der Waals surface area contributed by atoms with Crippen LogP contribution in [-0.4, -0.2) is 44.4 Å². The van der Waals surface area contributed by atoms with Gasteiger partial charge in [0.2, 0.25) is 0 Å². The van der Waals surface area contributed by atoms with Gasteiger partial charge in [-0.3, -0.25) is 20.2 Å². The average molecular weight is 465 g/mol. The number of esters is 1. The van der Waals surface area contributed by atoms with Gasteiger partial charge in [-0.1, -0.05) is 13.0 Å². The quantitative estimate of drug-likeness (QED) is 0.242. The molecule has 0 aliphatic carbocycles. The number of nitro benzene ring substituents is 1. The SMILES string of the molecule is CCCNC(=O)NC(=O)COC(=O)c1ccc(OS(=O)(=O)c2cccc([N+](=O)[O-])c2)cc1. The molecule has 0 spiro atoms. The number of benzene rings is 2. The van der Waals surface area contributed by atoms with Crippen molar-refractivity contribution in [1.29, 1.82) is 0 Å². The number of urea groups is 1. The molecule has 3 amide bonds. The van der Waals surface area contributed by atoms with E-state index in [1.807, 2.05) is 12.2 Å². The van der Waals surface area contributed by atoms with Gasteiger partial charge < -0.3 is 14.2 Å². The largest absolute Gasteiger partial charge is 0.452 e. The van der Waals surface area contributed by atoms with Crippen LogP contribution < -0.4 is 14.8 Å². The monoisotopic (exact) mass is 465 g/mol. The fraction of sp³-hybridized carbons (Fsp3) is 0.211. The van der Waals surface area contributed by atoms with Crippen molar-refractivity contribution < 1.29 is 36.6 Å². The Morgan fingerprint density at radius 2 is 1.78 bits per heavy atom. The molecule has 0 fully saturated rings. The third kappa shape index (κ3) is 7.05. The third-order valence-corrected chi connectivity index (χ3v) is 4.98. The summed E-state index contributed by atoms with van der Waals surface area (Å²) >= 11 is 0. The Morgan fingerprint density at radius 1 is 1.09 bits per heavy atom. The van der Waals surface area contributed by atoms with Crippen molar-refractivity contribution in [3.8, 4) is 5.75 Å². The first kappa shape index (κ1) is 24.3. The summed E-state index contributed by atoms with van der Waals surface area (Å²) in [6.07, 6.45) is 0.683. The minimum atomic E-state index is -4.35. The number of rotatable bonds is 9. The third-order valence-electron chi connectivity index (χ3n) is 3.74. The molecule has 13 heteroatoms. The molecule has 2 N–H and O–H groups in total. The summed E-state index contributed by atoms with van der Waals surface area (Å²) in [5, 5.41) is 15.2. The van der Waals surface area contributed by atoms with Crippen molar-refractivity contribution in [2.45, 2.75) is 18.2 Å². The van der Waals surface area contributed by atoms with E-state index in [1.54, 1.807) is 0 Å². The number of ether oxygens (including phenoxy) is 1. The highest BCUT2D eigenvalue weighted by Crippen LogP contribution is 2.22. The van der Waals surface area contributed by atoms with Gasteiger partial charge in [-0.25, -0.2) is 9.59 Å². The molecule has 0 atom stereocenters. The molecule has 2 aromatic rings. The number of imide groups is 1. The highest BCUT2D eigenvalue weighted by molar-refractivity contribution is 7.87. The Bertz CT molecular complexity index is 1120. The zero-order chi connectivity index (χ0) is 23.7. The van der Waals surface area contributed by atoms with Crippen LogP contribution in [0.4, 0.5) is 10.5 Å². The summed E-state index contributed by atoms with van der Waals surface area (Å²) in [6, 6.07) is 8.37. The molecule has 0 unspecified atom stereocenters. The van der Waals surface area contributed by atoms with Crippen molar-refractivity contribution in [3.05, 3.63) is 64.2 Å². The van der Waals surface area contributed by atoms with E-state index >= 15 is 0 Å². The van der Waals surface area contributed by atoms with E-state index in [2.05, 4.69) is 5.32 Å². The Hall–Kier alpha value is -4.00. The lowest BCUT2D eigenvalue weighted by molar-refractivity contribution is -0.385. The van der Waals surface area contributed by atoms with Crippen LogP contribution in [-0.2, 0) is 19.6 Å². The first-order valence-corrected chi connectivity index (χ1v) is 10.6. The van der Waals surface area contributed by atoms with Gasteiger partial charge >= 0.3 is 22.1 Å². The number of carbonyl (C=O) groups is 3. The van der Waals surface area contributed by atoms with Crippen LogP contribution in [0.1, 0.15) is 23.7 Å². The van der Waals surface area contributed by atoms with Crippen molar-refractivity contribution in [3.63, 3.8) is 0 Å². The summed E-state index contributed by atoms with van der Waals surface area (Å²) in [5.74, 6) is -1.87. The van der Waals surface area contributed by atoms with Gasteiger partial charge in [-0.05, 0) is 36.8 Å². The molecular weight excluding hydrogens is 446 g/mol. The molecule has 170 valence electrons. The Balaban J connectivity index is 1.95. The van der Waals surface area contributed by atoms with Gasteiger partial charge in [-0.2, -0.15) is 8.42 Å². The van der Waals surface area contributed by atoms with Gasteiger partial charge in [0.05, 0.1) is 10.5 Å². The number of hydrogen-bond acceptors (Lipinski definition) is 9. The van der Waals surface area contributed by atoms with Crippen molar-refractivity contribution in [1.82, 2.24) is 10.6 Å². The van der Waals surface area contributed by atoms with Crippen molar-refractivity contribution in [2.24, 2.45) is 0 Å². The molecule has 2 rings (SSSR count). The van der Waals surface area contributed by atoms with E-state index in [4.69, 9.17) is 8.92 Å². The lowest BCUT2D eigenvalue weighted by Crippen LogP contribution is -2.41. The van der Waals surface area contributed by atoms with Gasteiger partial charge in [0.25, 0.3) is 11.6 Å². The van der Waals surface area contributed by atoms with Crippen molar-refractivity contribution in [2.75, 3.05) is 13.2 Å². The van der Waals surface area contributed by atoms with E-state index in [-0.39, 0.29) is 11.3 Å². The molecule has 2 aromatic carbocycles. The molecule has 0 radical (unpaired) electrons. The lowest BCUT2D eigenvalue weighted by Gasteiger charge is -2.08. The summed E-state index contributed by atoms with van der Waals surface area (Å²) in [6.45, 7) is 1.52. The number of hydrogen-bond donors (Lipinski definition) is 2. The number of nitrogens with zero attached hydrogens (tertiary/aromatic N) is 1. The highest BCUT2D eigenvalue weighted by Gasteiger charge is 2.20. The zero-order valence-corrected chi connectivity index (χ0v) is 17.6. The van der Waals surface area contributed by atoms with Gasteiger partial charge in [0.1, 0.15) is 10.6 Å². The van der Waals surface area contributed by atoms with Crippen LogP contribution in [0, 0.1) is 10.1 Å². The molecule has 0 saturated carbocycles. The average Bonchev–Trinajstić information content (AvgIpc) is 2.76. The number of nitrogens with one attached hydrogen (secondary N) is 2. The summed E-state index contributed by atoms with van der Waals surface area (Å²) in [5.41, 5.74) is -0.423. The zero-order valence-electron chi connectivity index (χ0n) is 16.8. The second-order valence-corrected chi connectivity index (χ2v) is 7.74. The normalized spacial score (nSPS) is 10.7. The molecule has 0 heterocycles. The maximum Gasteiger partial charge on any atom is 0.339 e. The minimum Gasteiger partial charge on any atom is -0.452 e. The molecule has 0 aliphatic rings. The first-order valence-electron chi connectivity index (χ1n) is 9.16. The maximum atomic E-state index is 12.3. The van der Waals surface area contributed by atoms with E-state index in [1.165, 1.54) is 30.3 Å². The van der Waals surface area contributed by atoms with Gasteiger partial charge in [-0.15, -0.1) is 0 Å². The molecule has 0 bridgehead atoms. The Morgan fingerprint density at radius 3 is 2.41 bits per heavy atom. The van der Waals surface area contributed by atoms with Gasteiger partial charge in [0.15, 0.2) is 6.61 Å². The van der Waals surface area contributed by atoms with Crippen LogP contribution in [0.5, 0.6) is 5.75 Å². The van der Waals surface area contributed by atoms with E-state index in [0.717, 1.165) is 18.2 Å². The van der Waals surface area contributed by atoms with Crippen LogP contribution >= 0.6 is 0 Å². The fourth-order valence-electron chi connectivity index (χ4n) is 2.23. The second-order valence-electron chi connectivity index (χ2n) is 6.20. The molecule has 32 heavy (non-hydrogen) atoms. The van der Waals surface area contributed by atoms with Crippen LogP contribution in [0.25, 0.3) is 0 Å². The molecule has 0 aliphatic heterocycles. The van der Waals surface area contributed by atoms with Crippen LogP contribution in [0.2, 0.25) is 0 Å². The highest BCUT2D eigenvalue weighted by atomic mass is 32.2. The topological polar surface area (TPSA) is 171 Å². The summed E-state index contributed by atoms with van der Waals surface area (Å²) in [7, 11) is -4.35.